The SMILES string of the molecule is CCNCC(=O)OC(C)C(C)C. The number of hydrogen-bond donors (Lipinski definition) is 1. The molecular weight excluding hydrogens is 154 g/mol. The van der Waals surface area contributed by atoms with E-state index in [1.54, 1.807) is 0 Å². The van der Waals surface area contributed by atoms with Crippen molar-refractivity contribution >= 4 is 5.97 Å². The van der Waals surface area contributed by atoms with Gasteiger partial charge in [0.2, 0.25) is 0 Å². The van der Waals surface area contributed by atoms with E-state index in [0.717, 1.165) is 6.54 Å². The Morgan fingerprint density at radius 2 is 2.00 bits per heavy atom. The Bertz CT molecular complexity index is 134. The molecule has 0 bridgehead atoms. The summed E-state index contributed by atoms with van der Waals surface area (Å²) < 4.78 is 5.11. The average molecular weight is 173 g/mol. The van der Waals surface area contributed by atoms with Crippen molar-refractivity contribution in [2.45, 2.75) is 33.8 Å². The molecule has 1 N–H and O–H groups in total. The van der Waals surface area contributed by atoms with Crippen molar-refractivity contribution in [2.24, 2.45) is 5.92 Å². The molecule has 12 heavy (non-hydrogen) atoms. The van der Waals surface area contributed by atoms with E-state index in [1.807, 2.05) is 27.7 Å². The van der Waals surface area contributed by atoms with Crippen molar-refractivity contribution in [2.75, 3.05) is 13.1 Å². The number of carbonyl (C=O) groups excluding carboxylic acids is 1. The predicted molar refractivity (Wildman–Crippen MR) is 48.9 cm³/mol. The molecule has 0 rings (SSSR count). The second-order valence-corrected chi connectivity index (χ2v) is 3.22. The number of nitrogens with one attached hydrogen (secondary N) is 1. The molecule has 0 aliphatic carbocycles. The van der Waals surface area contributed by atoms with Crippen molar-refractivity contribution in [1.29, 1.82) is 0 Å². The van der Waals surface area contributed by atoms with E-state index in [9.17, 15) is 4.79 Å². The first-order valence-electron chi connectivity index (χ1n) is 4.48. The highest BCUT2D eigenvalue weighted by Gasteiger charge is 2.11. The Labute approximate surface area is 74.5 Å². The van der Waals surface area contributed by atoms with Crippen LogP contribution in [0.15, 0.2) is 0 Å². The highest BCUT2D eigenvalue weighted by molar-refractivity contribution is 5.71. The summed E-state index contributed by atoms with van der Waals surface area (Å²) in [6, 6.07) is 0. The lowest BCUT2D eigenvalue weighted by Crippen LogP contribution is -2.29. The van der Waals surface area contributed by atoms with Crippen molar-refractivity contribution in [3.05, 3.63) is 0 Å². The predicted octanol–water partition coefficient (Wildman–Crippen LogP) is 1.18. The molecule has 0 heterocycles. The molecule has 3 heteroatoms. The fraction of sp³-hybridized carbons (Fsp3) is 0.889. The fourth-order valence-electron chi connectivity index (χ4n) is 0.612. The molecule has 3 nitrogen and oxygen atoms in total. The summed E-state index contributed by atoms with van der Waals surface area (Å²) in [4.78, 5) is 11.0. The molecule has 0 aliphatic rings. The van der Waals surface area contributed by atoms with E-state index in [1.165, 1.54) is 0 Å². The Morgan fingerprint density at radius 1 is 1.42 bits per heavy atom. The van der Waals surface area contributed by atoms with Crippen LogP contribution in [-0.2, 0) is 9.53 Å². The molecule has 0 saturated carbocycles. The van der Waals surface area contributed by atoms with E-state index in [-0.39, 0.29) is 12.1 Å². The number of hydrogen-bond acceptors (Lipinski definition) is 3. The van der Waals surface area contributed by atoms with Crippen molar-refractivity contribution in [3.8, 4) is 0 Å². The molecule has 0 radical (unpaired) electrons. The van der Waals surface area contributed by atoms with Crippen LogP contribution in [0.4, 0.5) is 0 Å². The van der Waals surface area contributed by atoms with Gasteiger partial charge < -0.3 is 10.1 Å². The largest absolute Gasteiger partial charge is 0.461 e. The molecule has 0 aromatic heterocycles. The van der Waals surface area contributed by atoms with Crippen LogP contribution in [0.2, 0.25) is 0 Å². The van der Waals surface area contributed by atoms with Gasteiger partial charge in [0.25, 0.3) is 0 Å². The minimum Gasteiger partial charge on any atom is -0.461 e. The number of carbonyl (C=O) groups is 1. The summed E-state index contributed by atoms with van der Waals surface area (Å²) in [6.07, 6.45) is 0.0103. The molecule has 72 valence electrons. The van der Waals surface area contributed by atoms with Gasteiger partial charge in [-0.15, -0.1) is 0 Å². The third-order valence-electron chi connectivity index (χ3n) is 1.78. The van der Waals surface area contributed by atoms with Gasteiger partial charge >= 0.3 is 5.97 Å². The van der Waals surface area contributed by atoms with Crippen LogP contribution in [0.25, 0.3) is 0 Å². The first-order chi connectivity index (χ1) is 5.57. The third kappa shape index (κ3) is 5.13. The van der Waals surface area contributed by atoms with Gasteiger partial charge in [-0.1, -0.05) is 20.8 Å². The summed E-state index contributed by atoms with van der Waals surface area (Å²) in [5, 5.41) is 2.92. The second-order valence-electron chi connectivity index (χ2n) is 3.22. The maximum absolute atomic E-state index is 11.0. The van der Waals surface area contributed by atoms with Crippen LogP contribution in [0.1, 0.15) is 27.7 Å². The van der Waals surface area contributed by atoms with Gasteiger partial charge in [0.1, 0.15) is 6.10 Å². The van der Waals surface area contributed by atoms with E-state index in [0.29, 0.717) is 12.5 Å². The first-order valence-corrected chi connectivity index (χ1v) is 4.48. The van der Waals surface area contributed by atoms with Crippen LogP contribution >= 0.6 is 0 Å². The summed E-state index contributed by atoms with van der Waals surface area (Å²) >= 11 is 0. The lowest BCUT2D eigenvalue weighted by molar-refractivity contribution is -0.149. The van der Waals surface area contributed by atoms with Crippen LogP contribution in [0.5, 0.6) is 0 Å². The van der Waals surface area contributed by atoms with Crippen molar-refractivity contribution < 1.29 is 9.53 Å². The van der Waals surface area contributed by atoms with E-state index in [4.69, 9.17) is 4.74 Å². The molecule has 0 fully saturated rings. The average Bonchev–Trinajstić information content (AvgIpc) is 2.00. The lowest BCUT2D eigenvalue weighted by Gasteiger charge is -2.16. The van der Waals surface area contributed by atoms with Gasteiger partial charge in [-0.25, -0.2) is 0 Å². The van der Waals surface area contributed by atoms with Gasteiger partial charge in [0.05, 0.1) is 6.54 Å². The topological polar surface area (TPSA) is 38.3 Å². The zero-order valence-electron chi connectivity index (χ0n) is 8.39. The molecule has 0 aliphatic heterocycles. The molecule has 0 saturated heterocycles. The molecule has 1 atom stereocenters. The normalized spacial score (nSPS) is 13.1. The van der Waals surface area contributed by atoms with Crippen molar-refractivity contribution in [3.63, 3.8) is 0 Å². The molecule has 0 amide bonds. The zero-order chi connectivity index (χ0) is 9.56. The fourth-order valence-corrected chi connectivity index (χ4v) is 0.612. The Hall–Kier alpha value is -0.570. The highest BCUT2D eigenvalue weighted by atomic mass is 16.5. The standard InChI is InChI=1S/C9H19NO2/c1-5-10-6-9(11)12-8(4)7(2)3/h7-8,10H,5-6H2,1-4H3. The summed E-state index contributed by atoms with van der Waals surface area (Å²) in [7, 11) is 0. The number of esters is 1. The monoisotopic (exact) mass is 173 g/mol. The minimum atomic E-state index is -0.168. The second kappa shape index (κ2) is 6.00. The Kier molecular flexibility index (Phi) is 5.72. The third-order valence-corrected chi connectivity index (χ3v) is 1.78. The van der Waals surface area contributed by atoms with Gasteiger partial charge in [0.15, 0.2) is 0 Å². The van der Waals surface area contributed by atoms with Gasteiger partial charge in [0, 0.05) is 0 Å². The van der Waals surface area contributed by atoms with Gasteiger partial charge in [-0.05, 0) is 19.4 Å². The first kappa shape index (κ1) is 11.4. The quantitative estimate of drug-likeness (QED) is 0.634. The molecule has 0 aromatic rings. The van der Waals surface area contributed by atoms with Crippen LogP contribution in [-0.4, -0.2) is 25.2 Å². The zero-order valence-corrected chi connectivity index (χ0v) is 8.39. The van der Waals surface area contributed by atoms with Gasteiger partial charge in [-0.3, -0.25) is 4.79 Å². The number of likely N-dealkylation sites (N-methyl/N-ethyl adjacent to an activating group) is 1. The van der Waals surface area contributed by atoms with E-state index < -0.39 is 0 Å². The number of rotatable bonds is 5. The smallest absolute Gasteiger partial charge is 0.320 e. The maximum Gasteiger partial charge on any atom is 0.320 e. The Balaban J connectivity index is 3.54. The number of ether oxygens (including phenoxy) is 1. The summed E-state index contributed by atoms with van der Waals surface area (Å²) in [5.41, 5.74) is 0. The van der Waals surface area contributed by atoms with Gasteiger partial charge in [-0.2, -0.15) is 0 Å². The lowest BCUT2D eigenvalue weighted by atomic mass is 10.1. The van der Waals surface area contributed by atoms with Crippen molar-refractivity contribution in [1.82, 2.24) is 5.32 Å². The van der Waals surface area contributed by atoms with E-state index >= 15 is 0 Å². The highest BCUT2D eigenvalue weighted by Crippen LogP contribution is 2.04. The van der Waals surface area contributed by atoms with E-state index in [2.05, 4.69) is 5.32 Å². The Morgan fingerprint density at radius 3 is 2.42 bits per heavy atom. The summed E-state index contributed by atoms with van der Waals surface area (Å²) in [6.45, 7) is 9.04. The minimum absolute atomic E-state index is 0.0103. The molecular formula is C9H19NO2. The molecule has 0 spiro atoms. The summed E-state index contributed by atoms with van der Waals surface area (Å²) in [5.74, 6) is 0.216. The molecule has 0 aromatic carbocycles. The van der Waals surface area contributed by atoms with Crippen LogP contribution in [0.3, 0.4) is 0 Å². The van der Waals surface area contributed by atoms with Crippen LogP contribution in [0, 0.1) is 5.92 Å². The van der Waals surface area contributed by atoms with Crippen LogP contribution < -0.4 is 5.32 Å². The molecule has 1 unspecified atom stereocenters. The maximum atomic E-state index is 11.0.